The molecule has 0 spiro atoms. The number of hydrogen-bond acceptors (Lipinski definition) is 1. The molecule has 1 nitrogen and oxygen atoms in total. The predicted octanol–water partition coefficient (Wildman–Crippen LogP) is 5.47. The number of unbranched alkanes of at least 4 members (excludes halogenated alkanes) is 4. The van der Waals surface area contributed by atoms with E-state index in [1.165, 1.54) is 63.6 Å². The molecule has 1 aromatic rings. The molecule has 0 radical (unpaired) electrons. The third-order valence-corrected chi connectivity index (χ3v) is 4.10. The van der Waals surface area contributed by atoms with Gasteiger partial charge >= 0.3 is 0 Å². The summed E-state index contributed by atoms with van der Waals surface area (Å²) < 4.78 is 0. The van der Waals surface area contributed by atoms with Gasteiger partial charge in [0.05, 0.1) is 0 Å². The molecule has 0 saturated carbocycles. The maximum Gasteiger partial charge on any atom is 0.00472 e. The molecule has 0 bridgehead atoms. The third-order valence-electron chi connectivity index (χ3n) is 4.10. The fraction of sp³-hybridized carbons (Fsp3) is 0.684. The molecule has 1 unspecified atom stereocenters. The molecular weight excluding hydrogens is 242 g/mol. The van der Waals surface area contributed by atoms with E-state index in [4.69, 9.17) is 0 Å². The van der Waals surface area contributed by atoms with Crippen LogP contribution in [0.15, 0.2) is 30.3 Å². The topological polar surface area (TPSA) is 3.24 Å². The van der Waals surface area contributed by atoms with E-state index in [9.17, 15) is 0 Å². The molecule has 0 amide bonds. The zero-order chi connectivity index (χ0) is 14.6. The van der Waals surface area contributed by atoms with Crippen LogP contribution in [0.25, 0.3) is 0 Å². The Labute approximate surface area is 126 Å². The van der Waals surface area contributed by atoms with E-state index in [1.54, 1.807) is 0 Å². The van der Waals surface area contributed by atoms with Crippen LogP contribution in [0.2, 0.25) is 0 Å². The highest BCUT2D eigenvalue weighted by Crippen LogP contribution is 2.23. The lowest BCUT2D eigenvalue weighted by Crippen LogP contribution is -2.26. The van der Waals surface area contributed by atoms with Crippen molar-refractivity contribution in [3.63, 3.8) is 0 Å². The van der Waals surface area contributed by atoms with E-state index in [2.05, 4.69) is 56.1 Å². The molecule has 1 aromatic carbocycles. The SMILES string of the molecule is CCCCCCN(C)CC(CCCC)c1ccccc1. The first-order chi connectivity index (χ1) is 9.77. The number of benzene rings is 1. The van der Waals surface area contributed by atoms with Crippen LogP contribution in [0, 0.1) is 0 Å². The molecule has 0 aromatic heterocycles. The van der Waals surface area contributed by atoms with Crippen molar-refractivity contribution in [1.82, 2.24) is 4.90 Å². The molecule has 0 heterocycles. The summed E-state index contributed by atoms with van der Waals surface area (Å²) in [5, 5.41) is 0. The molecule has 0 saturated heterocycles. The van der Waals surface area contributed by atoms with Crippen molar-refractivity contribution in [2.45, 2.75) is 64.7 Å². The van der Waals surface area contributed by atoms with Crippen molar-refractivity contribution in [2.24, 2.45) is 0 Å². The summed E-state index contributed by atoms with van der Waals surface area (Å²) in [5.74, 6) is 0.701. The molecule has 0 N–H and O–H groups in total. The van der Waals surface area contributed by atoms with E-state index >= 15 is 0 Å². The van der Waals surface area contributed by atoms with Crippen molar-refractivity contribution >= 4 is 0 Å². The largest absolute Gasteiger partial charge is 0.306 e. The van der Waals surface area contributed by atoms with Gasteiger partial charge in [-0.25, -0.2) is 0 Å². The Bertz CT molecular complexity index is 320. The Balaban J connectivity index is 2.43. The highest BCUT2D eigenvalue weighted by atomic mass is 15.1. The van der Waals surface area contributed by atoms with Gasteiger partial charge in [0.1, 0.15) is 0 Å². The van der Waals surface area contributed by atoms with Crippen LogP contribution in [-0.4, -0.2) is 25.0 Å². The summed E-state index contributed by atoms with van der Waals surface area (Å²) in [6.07, 6.45) is 9.39. The molecule has 114 valence electrons. The number of nitrogens with zero attached hydrogens (tertiary/aromatic N) is 1. The minimum absolute atomic E-state index is 0.701. The molecule has 1 atom stereocenters. The van der Waals surface area contributed by atoms with Crippen LogP contribution in [0.1, 0.15) is 70.3 Å². The average Bonchev–Trinajstić information content (AvgIpc) is 2.49. The van der Waals surface area contributed by atoms with Crippen LogP contribution >= 0.6 is 0 Å². The maximum atomic E-state index is 2.53. The number of hydrogen-bond donors (Lipinski definition) is 0. The van der Waals surface area contributed by atoms with E-state index in [-0.39, 0.29) is 0 Å². The van der Waals surface area contributed by atoms with Gasteiger partial charge in [-0.1, -0.05) is 76.3 Å². The van der Waals surface area contributed by atoms with Crippen LogP contribution < -0.4 is 0 Å². The van der Waals surface area contributed by atoms with Gasteiger partial charge in [0.15, 0.2) is 0 Å². The fourth-order valence-corrected chi connectivity index (χ4v) is 2.82. The minimum Gasteiger partial charge on any atom is -0.306 e. The van der Waals surface area contributed by atoms with Crippen molar-refractivity contribution < 1.29 is 0 Å². The standard InChI is InChI=1S/C19H33N/c1-4-6-8-12-16-20(3)17-19(13-7-5-2)18-14-10-9-11-15-18/h9-11,14-15,19H,4-8,12-13,16-17H2,1-3H3. The zero-order valence-corrected chi connectivity index (χ0v) is 13.8. The van der Waals surface area contributed by atoms with E-state index < -0.39 is 0 Å². The first kappa shape index (κ1) is 17.2. The zero-order valence-electron chi connectivity index (χ0n) is 13.8. The van der Waals surface area contributed by atoms with Gasteiger partial charge < -0.3 is 4.90 Å². The number of likely N-dealkylation sites (N-methyl/N-ethyl adjacent to an activating group) is 1. The lowest BCUT2D eigenvalue weighted by molar-refractivity contribution is 0.295. The van der Waals surface area contributed by atoms with Crippen molar-refractivity contribution in [1.29, 1.82) is 0 Å². The van der Waals surface area contributed by atoms with Crippen LogP contribution in [0.5, 0.6) is 0 Å². The fourth-order valence-electron chi connectivity index (χ4n) is 2.82. The van der Waals surface area contributed by atoms with Gasteiger partial charge in [-0.15, -0.1) is 0 Å². The Kier molecular flexibility index (Phi) is 9.40. The van der Waals surface area contributed by atoms with Gasteiger partial charge in [0.25, 0.3) is 0 Å². The lowest BCUT2D eigenvalue weighted by Gasteiger charge is -2.24. The molecule has 20 heavy (non-hydrogen) atoms. The van der Waals surface area contributed by atoms with Crippen molar-refractivity contribution in [2.75, 3.05) is 20.1 Å². The molecule has 0 aliphatic rings. The normalized spacial score (nSPS) is 12.8. The Morgan fingerprint density at radius 3 is 2.25 bits per heavy atom. The second kappa shape index (κ2) is 10.9. The first-order valence-corrected chi connectivity index (χ1v) is 8.51. The summed E-state index contributed by atoms with van der Waals surface area (Å²) in [6.45, 7) is 7.02. The Hall–Kier alpha value is -0.820. The second-order valence-electron chi connectivity index (χ2n) is 6.07. The van der Waals surface area contributed by atoms with E-state index in [1.807, 2.05) is 0 Å². The quantitative estimate of drug-likeness (QED) is 0.484. The minimum atomic E-state index is 0.701. The monoisotopic (exact) mass is 275 g/mol. The van der Waals surface area contributed by atoms with E-state index in [0.717, 1.165) is 0 Å². The molecule has 0 fully saturated rings. The molecule has 1 rings (SSSR count). The third kappa shape index (κ3) is 7.09. The number of rotatable bonds is 11. The van der Waals surface area contributed by atoms with Crippen LogP contribution in [-0.2, 0) is 0 Å². The van der Waals surface area contributed by atoms with Gasteiger partial charge in [-0.2, -0.15) is 0 Å². The Morgan fingerprint density at radius 1 is 0.900 bits per heavy atom. The summed E-state index contributed by atoms with van der Waals surface area (Å²) in [4.78, 5) is 2.53. The van der Waals surface area contributed by atoms with Crippen molar-refractivity contribution in [3.8, 4) is 0 Å². The maximum absolute atomic E-state index is 2.53. The molecule has 0 aliphatic heterocycles. The van der Waals surface area contributed by atoms with Gasteiger partial charge in [0.2, 0.25) is 0 Å². The summed E-state index contributed by atoms with van der Waals surface area (Å²) in [6, 6.07) is 11.1. The van der Waals surface area contributed by atoms with E-state index in [0.29, 0.717) is 5.92 Å². The summed E-state index contributed by atoms with van der Waals surface area (Å²) in [5.41, 5.74) is 1.52. The second-order valence-corrected chi connectivity index (χ2v) is 6.07. The highest BCUT2D eigenvalue weighted by Gasteiger charge is 2.13. The van der Waals surface area contributed by atoms with Gasteiger partial charge in [0, 0.05) is 6.54 Å². The average molecular weight is 275 g/mol. The molecule has 1 heteroatoms. The van der Waals surface area contributed by atoms with Crippen molar-refractivity contribution in [3.05, 3.63) is 35.9 Å². The summed E-state index contributed by atoms with van der Waals surface area (Å²) in [7, 11) is 2.29. The van der Waals surface area contributed by atoms with Crippen LogP contribution in [0.4, 0.5) is 0 Å². The first-order valence-electron chi connectivity index (χ1n) is 8.51. The Morgan fingerprint density at radius 2 is 1.60 bits per heavy atom. The molecule has 0 aliphatic carbocycles. The van der Waals surface area contributed by atoms with Crippen LogP contribution in [0.3, 0.4) is 0 Å². The predicted molar refractivity (Wildman–Crippen MR) is 90.3 cm³/mol. The summed E-state index contributed by atoms with van der Waals surface area (Å²) >= 11 is 0. The van der Waals surface area contributed by atoms with Gasteiger partial charge in [-0.3, -0.25) is 0 Å². The lowest BCUT2D eigenvalue weighted by atomic mass is 9.93. The highest BCUT2D eigenvalue weighted by molar-refractivity contribution is 5.19. The smallest absolute Gasteiger partial charge is 0.00472 e. The molecular formula is C19H33N. The van der Waals surface area contributed by atoms with Gasteiger partial charge in [-0.05, 0) is 37.9 Å².